The van der Waals surface area contributed by atoms with Crippen LogP contribution in [-0.4, -0.2) is 16.5 Å². The maximum Gasteiger partial charge on any atom is 0.160 e. The van der Waals surface area contributed by atoms with Crippen molar-refractivity contribution in [3.05, 3.63) is 32.9 Å². The van der Waals surface area contributed by atoms with Crippen molar-refractivity contribution >= 4 is 45.1 Å². The van der Waals surface area contributed by atoms with Crippen molar-refractivity contribution in [3.63, 3.8) is 0 Å². The first-order chi connectivity index (χ1) is 6.49. The van der Waals surface area contributed by atoms with Gasteiger partial charge in [0.15, 0.2) is 6.29 Å². The Bertz CT molecular complexity index is 420. The summed E-state index contributed by atoms with van der Waals surface area (Å²) in [6, 6.07) is 0. The molecule has 1 heterocycles. The Morgan fingerprint density at radius 3 is 2.14 bits per heavy atom. The topological polar surface area (TPSA) is 57.5 Å². The highest BCUT2D eigenvalue weighted by Gasteiger charge is 2.20. The van der Waals surface area contributed by atoms with E-state index < -0.39 is 0 Å². The second-order valence-electron chi connectivity index (χ2n) is 2.50. The molecule has 0 aliphatic heterocycles. The van der Waals surface area contributed by atoms with E-state index in [1.54, 1.807) is 0 Å². The number of hydrogen-bond acceptors (Lipinski definition) is 4. The molecule has 0 atom stereocenters. The maximum absolute atomic E-state index is 10.6. The first-order valence-electron chi connectivity index (χ1n) is 3.53. The summed E-state index contributed by atoms with van der Waals surface area (Å²) in [5.41, 5.74) is 0.536. The molecule has 0 radical (unpaired) electrons. The molecule has 0 aromatic carbocycles. The highest BCUT2D eigenvalue weighted by atomic mass is 79.9. The third-order valence-corrected chi connectivity index (χ3v) is 3.36. The molecule has 0 amide bonds. The van der Waals surface area contributed by atoms with Crippen molar-refractivity contribution in [2.24, 2.45) is 0 Å². The third-order valence-electron chi connectivity index (χ3n) is 1.58. The summed E-state index contributed by atoms with van der Waals surface area (Å²) < 4.78 is 0.539. The van der Waals surface area contributed by atoms with E-state index in [2.05, 4.69) is 29.1 Å². The van der Waals surface area contributed by atoms with E-state index in [4.69, 9.17) is 0 Å². The van der Waals surface area contributed by atoms with Gasteiger partial charge >= 0.3 is 0 Å². The number of aliphatic hydroxyl groups is 2. The van der Waals surface area contributed by atoms with E-state index >= 15 is 0 Å². The lowest BCUT2D eigenvalue weighted by molar-refractivity contribution is 0.112. The average Bonchev–Trinajstić information content (AvgIpc) is 2.41. The van der Waals surface area contributed by atoms with Crippen molar-refractivity contribution in [3.8, 4) is 0 Å². The Kier molecular flexibility index (Phi) is 3.13. The predicted octanol–water partition coefficient (Wildman–Crippen LogP) is 3.38. The first-order valence-corrected chi connectivity index (χ1v) is 5.14. The number of hydrogen-bond donors (Lipinski definition) is 2. The van der Waals surface area contributed by atoms with Crippen LogP contribution in [0.5, 0.6) is 0 Å². The minimum atomic E-state index is -0.265. The average molecular weight is 275 g/mol. The van der Waals surface area contributed by atoms with Gasteiger partial charge in [-0.2, -0.15) is 0 Å². The number of halogens is 1. The number of carbonyl (C=O) groups excluding carboxylic acids is 1. The summed E-state index contributed by atoms with van der Waals surface area (Å²) in [6.45, 7) is 6.66. The molecule has 0 aliphatic rings. The number of rotatable bonds is 3. The van der Waals surface area contributed by atoms with Gasteiger partial charge in [-0.3, -0.25) is 4.79 Å². The van der Waals surface area contributed by atoms with Crippen LogP contribution in [0.1, 0.15) is 20.8 Å². The lowest BCUT2D eigenvalue weighted by atomic mass is 10.1. The van der Waals surface area contributed by atoms with Gasteiger partial charge in [0.25, 0.3) is 0 Å². The van der Waals surface area contributed by atoms with Crippen molar-refractivity contribution in [1.29, 1.82) is 0 Å². The van der Waals surface area contributed by atoms with Crippen LogP contribution in [0.4, 0.5) is 0 Å². The minimum absolute atomic E-state index is 0.216. The van der Waals surface area contributed by atoms with Crippen LogP contribution in [0.3, 0.4) is 0 Å². The van der Waals surface area contributed by atoms with Crippen LogP contribution in [0.15, 0.2) is 16.9 Å². The normalized spacial score (nSPS) is 9.79. The molecule has 0 spiro atoms. The summed E-state index contributed by atoms with van der Waals surface area (Å²) >= 11 is 4.27. The highest BCUT2D eigenvalue weighted by Crippen LogP contribution is 2.38. The SMILES string of the molecule is C=C(O)c1c(Br)sc(C=O)c1C(=C)O. The number of aldehydes is 1. The zero-order chi connectivity index (χ0) is 10.9. The van der Waals surface area contributed by atoms with Crippen molar-refractivity contribution in [2.75, 3.05) is 0 Å². The van der Waals surface area contributed by atoms with Crippen LogP contribution >= 0.6 is 27.3 Å². The number of aliphatic hydroxyl groups excluding tert-OH is 2. The molecule has 0 fully saturated rings. The van der Waals surface area contributed by atoms with E-state index in [1.165, 1.54) is 0 Å². The van der Waals surface area contributed by atoms with Gasteiger partial charge in [-0.05, 0) is 15.9 Å². The molecular formula is C9H7BrO3S. The lowest BCUT2D eigenvalue weighted by Crippen LogP contribution is -1.90. The predicted molar refractivity (Wildman–Crippen MR) is 60.7 cm³/mol. The Morgan fingerprint density at radius 2 is 1.79 bits per heavy atom. The smallest absolute Gasteiger partial charge is 0.160 e. The molecule has 14 heavy (non-hydrogen) atoms. The second-order valence-corrected chi connectivity index (χ2v) is 4.87. The largest absolute Gasteiger partial charge is 0.508 e. The van der Waals surface area contributed by atoms with Gasteiger partial charge in [-0.15, -0.1) is 11.3 Å². The van der Waals surface area contributed by atoms with E-state index in [0.717, 1.165) is 11.3 Å². The summed E-state index contributed by atoms with van der Waals surface area (Å²) in [7, 11) is 0. The van der Waals surface area contributed by atoms with Crippen molar-refractivity contribution < 1.29 is 15.0 Å². The molecule has 0 saturated heterocycles. The molecule has 0 aliphatic carbocycles. The minimum Gasteiger partial charge on any atom is -0.508 e. The molecule has 2 N–H and O–H groups in total. The number of thiophene rings is 1. The van der Waals surface area contributed by atoms with Crippen LogP contribution in [0, 0.1) is 0 Å². The van der Waals surface area contributed by atoms with Crippen molar-refractivity contribution in [2.45, 2.75) is 0 Å². The van der Waals surface area contributed by atoms with Crippen molar-refractivity contribution in [1.82, 2.24) is 0 Å². The van der Waals surface area contributed by atoms with Crippen LogP contribution < -0.4 is 0 Å². The Hall–Kier alpha value is -1.07. The molecule has 1 aromatic heterocycles. The fraction of sp³-hybridized carbons (Fsp3) is 0. The fourth-order valence-electron chi connectivity index (χ4n) is 1.05. The maximum atomic E-state index is 10.6. The van der Waals surface area contributed by atoms with Gasteiger partial charge in [-0.1, -0.05) is 13.2 Å². The quantitative estimate of drug-likeness (QED) is 0.656. The molecule has 1 aromatic rings. The fourth-order valence-corrected chi connectivity index (χ4v) is 2.88. The molecule has 74 valence electrons. The zero-order valence-corrected chi connectivity index (χ0v) is 9.48. The molecule has 1 rings (SSSR count). The van der Waals surface area contributed by atoms with E-state index in [1.807, 2.05) is 0 Å². The number of carbonyl (C=O) groups is 1. The Morgan fingerprint density at radius 1 is 1.29 bits per heavy atom. The Labute approximate surface area is 93.1 Å². The van der Waals surface area contributed by atoms with Crippen LogP contribution in [0.2, 0.25) is 0 Å². The Balaban J connectivity index is 3.54. The van der Waals surface area contributed by atoms with Gasteiger partial charge < -0.3 is 10.2 Å². The second kappa shape index (κ2) is 3.98. The summed E-state index contributed by atoms with van der Waals surface area (Å²) in [4.78, 5) is 10.9. The monoisotopic (exact) mass is 274 g/mol. The standard InChI is InChI=1S/C9H7BrO3S/c1-4(12)7-6(3-11)14-9(10)8(7)5(2)13/h3,12-13H,1-2H2. The molecule has 0 saturated carbocycles. The van der Waals surface area contributed by atoms with Gasteiger partial charge in [0, 0.05) is 5.56 Å². The van der Waals surface area contributed by atoms with E-state index in [-0.39, 0.29) is 17.1 Å². The van der Waals surface area contributed by atoms with E-state index in [9.17, 15) is 15.0 Å². The summed E-state index contributed by atoms with van der Waals surface area (Å²) in [5.74, 6) is -0.481. The molecular weight excluding hydrogens is 268 g/mol. The first kappa shape index (κ1) is 11.0. The summed E-state index contributed by atoms with van der Waals surface area (Å²) in [5, 5.41) is 18.5. The van der Waals surface area contributed by atoms with Gasteiger partial charge in [-0.25, -0.2) is 0 Å². The van der Waals surface area contributed by atoms with Gasteiger partial charge in [0.1, 0.15) is 11.5 Å². The molecule has 5 heteroatoms. The lowest BCUT2D eigenvalue weighted by Gasteiger charge is -2.01. The molecule has 0 bridgehead atoms. The van der Waals surface area contributed by atoms with E-state index in [0.29, 0.717) is 20.5 Å². The zero-order valence-electron chi connectivity index (χ0n) is 7.08. The van der Waals surface area contributed by atoms with Crippen LogP contribution in [0.25, 0.3) is 11.5 Å². The third kappa shape index (κ3) is 1.73. The van der Waals surface area contributed by atoms with Gasteiger partial charge in [0.05, 0.1) is 14.2 Å². The molecule has 0 unspecified atom stereocenters. The van der Waals surface area contributed by atoms with Crippen LogP contribution in [-0.2, 0) is 0 Å². The van der Waals surface area contributed by atoms with Gasteiger partial charge in [0.2, 0.25) is 0 Å². The summed E-state index contributed by atoms with van der Waals surface area (Å²) in [6.07, 6.45) is 0.596. The highest BCUT2D eigenvalue weighted by molar-refractivity contribution is 9.11. The molecule has 3 nitrogen and oxygen atoms in total.